The third kappa shape index (κ3) is 3.28. The van der Waals surface area contributed by atoms with Crippen LogP contribution in [0.3, 0.4) is 0 Å². The molecule has 3 aromatic rings. The van der Waals surface area contributed by atoms with Gasteiger partial charge < -0.3 is 10.6 Å². The van der Waals surface area contributed by atoms with Gasteiger partial charge in [-0.15, -0.1) is 0 Å². The highest BCUT2D eigenvalue weighted by Crippen LogP contribution is 2.49. The van der Waals surface area contributed by atoms with Crippen molar-refractivity contribution < 1.29 is 9.18 Å². The minimum Gasteiger partial charge on any atom is -0.340 e. The second-order valence-electron chi connectivity index (χ2n) is 6.47. The number of pyridine rings is 1. The zero-order valence-corrected chi connectivity index (χ0v) is 14.1. The van der Waals surface area contributed by atoms with E-state index in [0.29, 0.717) is 11.5 Å². The maximum absolute atomic E-state index is 13.5. The largest absolute Gasteiger partial charge is 0.340 e. The van der Waals surface area contributed by atoms with Gasteiger partial charge in [-0.3, -0.25) is 4.79 Å². The molecule has 0 bridgehead atoms. The SMILES string of the molecule is O=C(Nc1ccc(Nc2ccccc2)nc1)C1(c2cccc(F)c2)CC1. The predicted molar refractivity (Wildman–Crippen MR) is 99.9 cm³/mol. The molecule has 0 aliphatic heterocycles. The van der Waals surface area contributed by atoms with Gasteiger partial charge in [0, 0.05) is 5.69 Å². The lowest BCUT2D eigenvalue weighted by molar-refractivity contribution is -0.118. The Bertz CT molecular complexity index is 922. The number of rotatable bonds is 5. The number of nitrogens with zero attached hydrogens (tertiary/aromatic N) is 1. The fourth-order valence-corrected chi connectivity index (χ4v) is 3.02. The van der Waals surface area contributed by atoms with Crippen LogP contribution in [0, 0.1) is 5.82 Å². The van der Waals surface area contributed by atoms with Crippen molar-refractivity contribution in [3.8, 4) is 0 Å². The molecule has 130 valence electrons. The van der Waals surface area contributed by atoms with Gasteiger partial charge in [0.25, 0.3) is 0 Å². The van der Waals surface area contributed by atoms with Gasteiger partial charge >= 0.3 is 0 Å². The molecule has 2 N–H and O–H groups in total. The lowest BCUT2D eigenvalue weighted by Crippen LogP contribution is -2.27. The zero-order chi connectivity index (χ0) is 18.0. The molecule has 0 spiro atoms. The Morgan fingerprint density at radius 2 is 1.77 bits per heavy atom. The maximum atomic E-state index is 13.5. The fourth-order valence-electron chi connectivity index (χ4n) is 3.02. The molecule has 2 aromatic carbocycles. The van der Waals surface area contributed by atoms with Crippen LogP contribution >= 0.6 is 0 Å². The third-order valence-electron chi connectivity index (χ3n) is 4.63. The number of hydrogen-bond donors (Lipinski definition) is 2. The van der Waals surface area contributed by atoms with Gasteiger partial charge in [-0.2, -0.15) is 0 Å². The minimum absolute atomic E-state index is 0.117. The molecule has 5 heteroatoms. The van der Waals surface area contributed by atoms with E-state index in [2.05, 4.69) is 15.6 Å². The first kappa shape index (κ1) is 16.3. The summed E-state index contributed by atoms with van der Waals surface area (Å²) < 4.78 is 13.5. The van der Waals surface area contributed by atoms with E-state index in [9.17, 15) is 9.18 Å². The summed E-state index contributed by atoms with van der Waals surface area (Å²) in [6, 6.07) is 19.6. The molecule has 0 atom stereocenters. The molecule has 0 radical (unpaired) electrons. The summed E-state index contributed by atoms with van der Waals surface area (Å²) in [5, 5.41) is 6.10. The molecule has 1 aliphatic rings. The molecule has 26 heavy (non-hydrogen) atoms. The van der Waals surface area contributed by atoms with Crippen molar-refractivity contribution in [2.45, 2.75) is 18.3 Å². The van der Waals surface area contributed by atoms with E-state index >= 15 is 0 Å². The lowest BCUT2D eigenvalue weighted by Gasteiger charge is -2.16. The monoisotopic (exact) mass is 347 g/mol. The normalized spacial score (nSPS) is 14.5. The number of para-hydroxylation sites is 1. The van der Waals surface area contributed by atoms with E-state index in [1.165, 1.54) is 12.1 Å². The molecule has 0 saturated heterocycles. The first-order valence-electron chi connectivity index (χ1n) is 8.51. The van der Waals surface area contributed by atoms with Crippen molar-refractivity contribution in [3.05, 3.63) is 84.3 Å². The Balaban J connectivity index is 1.45. The second kappa shape index (κ2) is 6.59. The summed E-state index contributed by atoms with van der Waals surface area (Å²) in [5.74, 6) is 0.258. The van der Waals surface area contributed by atoms with Crippen molar-refractivity contribution in [3.63, 3.8) is 0 Å². The van der Waals surface area contributed by atoms with E-state index < -0.39 is 5.41 Å². The van der Waals surface area contributed by atoms with Crippen LogP contribution < -0.4 is 10.6 Å². The van der Waals surface area contributed by atoms with Gasteiger partial charge in [-0.25, -0.2) is 9.37 Å². The molecule has 1 amide bonds. The number of amides is 1. The van der Waals surface area contributed by atoms with Crippen LogP contribution in [-0.4, -0.2) is 10.9 Å². The van der Waals surface area contributed by atoms with E-state index in [1.54, 1.807) is 24.4 Å². The van der Waals surface area contributed by atoms with Crippen LogP contribution in [0.2, 0.25) is 0 Å². The lowest BCUT2D eigenvalue weighted by atomic mass is 9.95. The number of halogens is 1. The number of nitrogens with one attached hydrogen (secondary N) is 2. The summed E-state index contributed by atoms with van der Waals surface area (Å²) in [7, 11) is 0. The van der Waals surface area contributed by atoms with Crippen molar-refractivity contribution in [2.75, 3.05) is 10.6 Å². The molecule has 4 rings (SSSR count). The van der Waals surface area contributed by atoms with Crippen LogP contribution in [-0.2, 0) is 10.2 Å². The molecule has 0 unspecified atom stereocenters. The number of benzene rings is 2. The number of carbonyl (C=O) groups is 1. The van der Waals surface area contributed by atoms with Crippen LogP contribution in [0.25, 0.3) is 0 Å². The van der Waals surface area contributed by atoms with E-state index in [-0.39, 0.29) is 11.7 Å². The van der Waals surface area contributed by atoms with Crippen molar-refractivity contribution in [1.82, 2.24) is 4.98 Å². The summed E-state index contributed by atoms with van der Waals surface area (Å²) in [4.78, 5) is 17.0. The summed E-state index contributed by atoms with van der Waals surface area (Å²) in [6.07, 6.45) is 3.07. The molecule has 1 heterocycles. The number of aromatic nitrogens is 1. The minimum atomic E-state index is -0.622. The maximum Gasteiger partial charge on any atom is 0.235 e. The first-order chi connectivity index (χ1) is 12.7. The standard InChI is InChI=1S/C21H18FN3O/c22-16-6-4-5-15(13-16)21(11-12-21)20(26)25-18-9-10-19(23-14-18)24-17-7-2-1-3-8-17/h1-10,13-14H,11-12H2,(H,23,24)(H,25,26). The average Bonchev–Trinajstić information content (AvgIpc) is 3.46. The van der Waals surface area contributed by atoms with E-state index in [0.717, 1.165) is 24.1 Å². The molecule has 1 aliphatic carbocycles. The van der Waals surface area contributed by atoms with Gasteiger partial charge in [-0.05, 0) is 54.8 Å². The smallest absolute Gasteiger partial charge is 0.235 e. The zero-order valence-electron chi connectivity index (χ0n) is 14.1. The van der Waals surface area contributed by atoms with E-state index in [4.69, 9.17) is 0 Å². The van der Waals surface area contributed by atoms with Crippen LogP contribution in [0.5, 0.6) is 0 Å². The Labute approximate surface area is 151 Å². The van der Waals surface area contributed by atoms with Crippen LogP contribution in [0.4, 0.5) is 21.6 Å². The number of carbonyl (C=O) groups excluding carboxylic acids is 1. The highest BCUT2D eigenvalue weighted by molar-refractivity contribution is 6.01. The Morgan fingerprint density at radius 3 is 2.42 bits per heavy atom. The van der Waals surface area contributed by atoms with Crippen LogP contribution in [0.15, 0.2) is 72.9 Å². The number of anilines is 3. The van der Waals surface area contributed by atoms with Gasteiger partial charge in [-0.1, -0.05) is 30.3 Å². The summed E-state index contributed by atoms with van der Waals surface area (Å²) >= 11 is 0. The van der Waals surface area contributed by atoms with Crippen LogP contribution in [0.1, 0.15) is 18.4 Å². The number of hydrogen-bond acceptors (Lipinski definition) is 3. The molecule has 1 aromatic heterocycles. The highest BCUT2D eigenvalue weighted by atomic mass is 19.1. The highest BCUT2D eigenvalue weighted by Gasteiger charge is 2.51. The van der Waals surface area contributed by atoms with Gasteiger partial charge in [0.15, 0.2) is 0 Å². The topological polar surface area (TPSA) is 54.0 Å². The fraction of sp³-hybridized carbons (Fsp3) is 0.143. The molecule has 1 fully saturated rings. The molecule has 4 nitrogen and oxygen atoms in total. The Hall–Kier alpha value is -3.21. The Kier molecular flexibility index (Phi) is 4.13. The molecular formula is C21H18FN3O. The van der Waals surface area contributed by atoms with Crippen molar-refractivity contribution in [2.24, 2.45) is 0 Å². The summed E-state index contributed by atoms with van der Waals surface area (Å²) in [6.45, 7) is 0. The Morgan fingerprint density at radius 1 is 0.962 bits per heavy atom. The predicted octanol–water partition coefficient (Wildman–Crippen LogP) is 4.63. The van der Waals surface area contributed by atoms with Gasteiger partial charge in [0.1, 0.15) is 11.6 Å². The first-order valence-corrected chi connectivity index (χ1v) is 8.51. The van der Waals surface area contributed by atoms with Gasteiger partial charge in [0.05, 0.1) is 17.3 Å². The quantitative estimate of drug-likeness (QED) is 0.707. The van der Waals surface area contributed by atoms with Gasteiger partial charge in [0.2, 0.25) is 5.91 Å². The van der Waals surface area contributed by atoms with Crippen molar-refractivity contribution >= 4 is 23.1 Å². The average molecular weight is 347 g/mol. The van der Waals surface area contributed by atoms with E-state index in [1.807, 2.05) is 36.4 Å². The second-order valence-corrected chi connectivity index (χ2v) is 6.47. The molecular weight excluding hydrogens is 329 g/mol. The van der Waals surface area contributed by atoms with Crippen molar-refractivity contribution in [1.29, 1.82) is 0 Å². The summed E-state index contributed by atoms with van der Waals surface area (Å²) in [5.41, 5.74) is 1.67. The molecule has 1 saturated carbocycles. The third-order valence-corrected chi connectivity index (χ3v) is 4.63.